The maximum atomic E-state index is 9.15. The van der Waals surface area contributed by atoms with Crippen molar-refractivity contribution in [2.45, 2.75) is 12.5 Å². The summed E-state index contributed by atoms with van der Waals surface area (Å²) in [6, 6.07) is 14.5. The van der Waals surface area contributed by atoms with Gasteiger partial charge in [-0.3, -0.25) is 0 Å². The Hall–Kier alpha value is -1.47. The van der Waals surface area contributed by atoms with Gasteiger partial charge in [0.25, 0.3) is 0 Å². The van der Waals surface area contributed by atoms with E-state index in [1.807, 2.05) is 30.3 Å². The standard InChI is InChI=1S/C15H15N3.2ClH/c16-9-11-5-6-15(18-8-7-12(17)10-18)14-4-2-1-3-13(11)14;;/h1-6,12H,7-8,10,17H2;2*1H. The van der Waals surface area contributed by atoms with Crippen molar-refractivity contribution in [2.24, 2.45) is 5.73 Å². The van der Waals surface area contributed by atoms with Gasteiger partial charge in [-0.1, -0.05) is 24.3 Å². The molecule has 1 fully saturated rings. The minimum Gasteiger partial charge on any atom is -0.369 e. The highest BCUT2D eigenvalue weighted by molar-refractivity contribution is 5.97. The smallest absolute Gasteiger partial charge is 0.0998 e. The van der Waals surface area contributed by atoms with Crippen LogP contribution in [0, 0.1) is 11.3 Å². The zero-order valence-corrected chi connectivity index (χ0v) is 12.6. The second-order valence-electron chi connectivity index (χ2n) is 4.78. The molecular weight excluding hydrogens is 293 g/mol. The van der Waals surface area contributed by atoms with E-state index in [0.717, 1.165) is 35.8 Å². The van der Waals surface area contributed by atoms with Crippen LogP contribution in [-0.2, 0) is 0 Å². The van der Waals surface area contributed by atoms with Crippen LogP contribution in [0.1, 0.15) is 12.0 Å². The molecule has 1 aliphatic rings. The fraction of sp³-hybridized carbons (Fsp3) is 0.267. The van der Waals surface area contributed by atoms with E-state index >= 15 is 0 Å². The maximum Gasteiger partial charge on any atom is 0.0998 e. The van der Waals surface area contributed by atoms with Gasteiger partial charge in [0.05, 0.1) is 11.6 Å². The van der Waals surface area contributed by atoms with Gasteiger partial charge in [0, 0.05) is 35.6 Å². The number of benzene rings is 2. The Bertz CT molecular complexity index is 637. The molecule has 2 aromatic carbocycles. The number of hydrogen-bond acceptors (Lipinski definition) is 3. The SMILES string of the molecule is Cl.Cl.N#Cc1ccc(N2CCC(N)C2)c2ccccc12. The molecule has 2 aromatic rings. The van der Waals surface area contributed by atoms with E-state index in [-0.39, 0.29) is 30.9 Å². The van der Waals surface area contributed by atoms with Gasteiger partial charge in [-0.25, -0.2) is 0 Å². The van der Waals surface area contributed by atoms with Gasteiger partial charge in [0.1, 0.15) is 0 Å². The number of anilines is 1. The lowest BCUT2D eigenvalue weighted by molar-refractivity contribution is 0.752. The Morgan fingerprint density at radius 3 is 2.40 bits per heavy atom. The Balaban J connectivity index is 0.000001000. The molecule has 0 amide bonds. The summed E-state index contributed by atoms with van der Waals surface area (Å²) in [6.07, 6.45) is 1.04. The number of fused-ring (bicyclic) bond motifs is 1. The molecular formula is C15H17Cl2N3. The summed E-state index contributed by atoms with van der Waals surface area (Å²) in [4.78, 5) is 2.31. The molecule has 1 heterocycles. The monoisotopic (exact) mass is 309 g/mol. The van der Waals surface area contributed by atoms with Crippen molar-refractivity contribution in [3.8, 4) is 6.07 Å². The zero-order valence-electron chi connectivity index (χ0n) is 11.0. The highest BCUT2D eigenvalue weighted by atomic mass is 35.5. The van der Waals surface area contributed by atoms with Crippen molar-refractivity contribution >= 4 is 41.3 Å². The molecule has 5 heteroatoms. The van der Waals surface area contributed by atoms with Gasteiger partial charge in [-0.2, -0.15) is 5.26 Å². The third kappa shape index (κ3) is 2.83. The molecule has 0 aliphatic carbocycles. The molecule has 106 valence electrons. The molecule has 1 atom stereocenters. The topological polar surface area (TPSA) is 53.0 Å². The number of nitriles is 1. The summed E-state index contributed by atoms with van der Waals surface area (Å²) in [7, 11) is 0. The second kappa shape index (κ2) is 6.81. The molecule has 1 unspecified atom stereocenters. The summed E-state index contributed by atoms with van der Waals surface area (Å²) in [5.74, 6) is 0. The zero-order chi connectivity index (χ0) is 12.5. The Labute approximate surface area is 131 Å². The molecule has 20 heavy (non-hydrogen) atoms. The van der Waals surface area contributed by atoms with Crippen LogP contribution >= 0.6 is 24.8 Å². The number of nitrogens with two attached hydrogens (primary N) is 1. The van der Waals surface area contributed by atoms with E-state index < -0.39 is 0 Å². The summed E-state index contributed by atoms with van der Waals surface area (Å²) >= 11 is 0. The molecule has 0 spiro atoms. The van der Waals surface area contributed by atoms with Crippen LogP contribution in [0.5, 0.6) is 0 Å². The van der Waals surface area contributed by atoms with Crippen LogP contribution in [-0.4, -0.2) is 19.1 Å². The lowest BCUT2D eigenvalue weighted by Crippen LogP contribution is -2.26. The number of hydrogen-bond donors (Lipinski definition) is 1. The van der Waals surface area contributed by atoms with Crippen LogP contribution in [0.15, 0.2) is 36.4 Å². The van der Waals surface area contributed by atoms with E-state index in [9.17, 15) is 0 Å². The summed E-state index contributed by atoms with van der Waals surface area (Å²) in [5, 5.41) is 11.3. The van der Waals surface area contributed by atoms with Gasteiger partial charge in [0.2, 0.25) is 0 Å². The van der Waals surface area contributed by atoms with Gasteiger partial charge >= 0.3 is 0 Å². The van der Waals surface area contributed by atoms with Gasteiger partial charge in [0.15, 0.2) is 0 Å². The lowest BCUT2D eigenvalue weighted by atomic mass is 10.0. The molecule has 0 bridgehead atoms. The normalized spacial score (nSPS) is 17.2. The minimum atomic E-state index is 0. The number of nitrogens with zero attached hydrogens (tertiary/aromatic N) is 2. The van der Waals surface area contributed by atoms with Crippen LogP contribution in [0.2, 0.25) is 0 Å². The van der Waals surface area contributed by atoms with Crippen molar-refractivity contribution in [1.29, 1.82) is 5.26 Å². The Morgan fingerprint density at radius 1 is 1.10 bits per heavy atom. The third-order valence-corrected chi connectivity index (χ3v) is 3.59. The lowest BCUT2D eigenvalue weighted by Gasteiger charge is -2.20. The first-order valence-electron chi connectivity index (χ1n) is 6.22. The number of rotatable bonds is 1. The van der Waals surface area contributed by atoms with E-state index in [2.05, 4.69) is 17.0 Å². The van der Waals surface area contributed by atoms with Gasteiger partial charge in [-0.05, 0) is 18.6 Å². The van der Waals surface area contributed by atoms with Gasteiger partial charge in [-0.15, -0.1) is 24.8 Å². The Morgan fingerprint density at radius 2 is 1.80 bits per heavy atom. The maximum absolute atomic E-state index is 9.15. The molecule has 0 aromatic heterocycles. The largest absolute Gasteiger partial charge is 0.369 e. The molecule has 0 saturated carbocycles. The summed E-state index contributed by atoms with van der Waals surface area (Å²) in [6.45, 7) is 1.90. The summed E-state index contributed by atoms with van der Waals surface area (Å²) in [5.41, 5.74) is 7.89. The Kier molecular flexibility index (Phi) is 5.64. The van der Waals surface area contributed by atoms with Crippen molar-refractivity contribution in [3.63, 3.8) is 0 Å². The molecule has 1 aliphatic heterocycles. The fourth-order valence-corrected chi connectivity index (χ4v) is 2.66. The van der Waals surface area contributed by atoms with Crippen molar-refractivity contribution in [2.75, 3.05) is 18.0 Å². The van der Waals surface area contributed by atoms with Crippen LogP contribution < -0.4 is 10.6 Å². The van der Waals surface area contributed by atoms with Gasteiger partial charge < -0.3 is 10.6 Å². The van der Waals surface area contributed by atoms with Crippen molar-refractivity contribution in [3.05, 3.63) is 42.0 Å². The molecule has 1 saturated heterocycles. The highest BCUT2D eigenvalue weighted by Crippen LogP contribution is 2.31. The predicted molar refractivity (Wildman–Crippen MR) is 88.0 cm³/mol. The van der Waals surface area contributed by atoms with Crippen molar-refractivity contribution in [1.82, 2.24) is 0 Å². The first kappa shape index (κ1) is 16.6. The average molecular weight is 310 g/mol. The third-order valence-electron chi connectivity index (χ3n) is 3.59. The van der Waals surface area contributed by atoms with Crippen LogP contribution in [0.3, 0.4) is 0 Å². The first-order valence-corrected chi connectivity index (χ1v) is 6.22. The van der Waals surface area contributed by atoms with E-state index in [1.165, 1.54) is 5.69 Å². The highest BCUT2D eigenvalue weighted by Gasteiger charge is 2.21. The van der Waals surface area contributed by atoms with E-state index in [0.29, 0.717) is 0 Å². The van der Waals surface area contributed by atoms with E-state index in [1.54, 1.807) is 0 Å². The molecule has 0 radical (unpaired) electrons. The second-order valence-corrected chi connectivity index (χ2v) is 4.78. The van der Waals surface area contributed by atoms with Crippen LogP contribution in [0.4, 0.5) is 5.69 Å². The van der Waals surface area contributed by atoms with Crippen LogP contribution in [0.25, 0.3) is 10.8 Å². The fourth-order valence-electron chi connectivity index (χ4n) is 2.66. The molecule has 3 rings (SSSR count). The number of halogens is 2. The first-order chi connectivity index (χ1) is 8.79. The predicted octanol–water partition coefficient (Wildman–Crippen LogP) is 3.09. The molecule has 2 N–H and O–H groups in total. The summed E-state index contributed by atoms with van der Waals surface area (Å²) < 4.78 is 0. The minimum absolute atomic E-state index is 0. The van der Waals surface area contributed by atoms with E-state index in [4.69, 9.17) is 11.0 Å². The average Bonchev–Trinajstić information content (AvgIpc) is 2.84. The molecule has 3 nitrogen and oxygen atoms in total. The van der Waals surface area contributed by atoms with Crippen molar-refractivity contribution < 1.29 is 0 Å². The quantitative estimate of drug-likeness (QED) is 0.880.